The lowest BCUT2D eigenvalue weighted by Crippen LogP contribution is -2.61. The summed E-state index contributed by atoms with van der Waals surface area (Å²) in [6.07, 6.45) is 0.680. The van der Waals surface area contributed by atoms with Gasteiger partial charge in [-0.3, -0.25) is 4.79 Å². The molecule has 1 aromatic carbocycles. The Hall–Kier alpha value is -1.79. The molecule has 0 N–H and O–H groups in total. The zero-order chi connectivity index (χ0) is 19.6. The molecule has 6 nitrogen and oxygen atoms in total. The number of hydrogen-bond acceptors (Lipinski definition) is 3. The summed E-state index contributed by atoms with van der Waals surface area (Å²) in [7, 11) is 1.64. The molecule has 1 aromatic rings. The van der Waals surface area contributed by atoms with Crippen molar-refractivity contribution in [1.29, 1.82) is 0 Å². The lowest BCUT2D eigenvalue weighted by atomic mass is 9.97. The highest BCUT2D eigenvalue weighted by Crippen LogP contribution is 2.30. The Kier molecular flexibility index (Phi) is 6.27. The van der Waals surface area contributed by atoms with Crippen LogP contribution in [0.25, 0.3) is 0 Å². The van der Waals surface area contributed by atoms with Crippen molar-refractivity contribution in [3.8, 4) is 0 Å². The summed E-state index contributed by atoms with van der Waals surface area (Å²) < 4.78 is 5.16. The first-order valence-electron chi connectivity index (χ1n) is 9.50. The molecule has 2 fully saturated rings. The third kappa shape index (κ3) is 4.38. The minimum Gasteiger partial charge on any atom is -0.383 e. The number of carbonyl (C=O) groups is 2. The van der Waals surface area contributed by atoms with Crippen LogP contribution in [0.2, 0.25) is 5.02 Å². The van der Waals surface area contributed by atoms with E-state index >= 15 is 0 Å². The second-order valence-electron chi connectivity index (χ2n) is 7.77. The van der Waals surface area contributed by atoms with Gasteiger partial charge in [-0.2, -0.15) is 0 Å². The number of halogens is 1. The second-order valence-corrected chi connectivity index (χ2v) is 8.21. The standard InChI is InChI=1S/C20H28ClN3O3/c1-14(2)10-18-19(25)22(8-9-27-3)12-17-13-23(20(26)24(17)18)11-15-4-6-16(21)7-5-15/h4-7,14,17-18H,8-13H2,1-3H3/t17-,18-/m0/s1. The lowest BCUT2D eigenvalue weighted by molar-refractivity contribution is -0.143. The first-order valence-corrected chi connectivity index (χ1v) is 9.88. The van der Waals surface area contributed by atoms with Crippen molar-refractivity contribution >= 4 is 23.5 Å². The van der Waals surface area contributed by atoms with E-state index in [-0.39, 0.29) is 24.0 Å². The smallest absolute Gasteiger partial charge is 0.321 e. The van der Waals surface area contributed by atoms with Crippen molar-refractivity contribution < 1.29 is 14.3 Å². The summed E-state index contributed by atoms with van der Waals surface area (Å²) in [6, 6.07) is 7.15. The topological polar surface area (TPSA) is 53.1 Å². The summed E-state index contributed by atoms with van der Waals surface area (Å²) >= 11 is 5.96. The van der Waals surface area contributed by atoms with Gasteiger partial charge in [0.2, 0.25) is 5.91 Å². The van der Waals surface area contributed by atoms with Gasteiger partial charge in [0.05, 0.1) is 12.6 Å². The van der Waals surface area contributed by atoms with E-state index in [1.807, 2.05) is 39.0 Å². The minimum absolute atomic E-state index is 0.0307. The minimum atomic E-state index is -0.386. The van der Waals surface area contributed by atoms with Gasteiger partial charge in [0.1, 0.15) is 6.04 Å². The van der Waals surface area contributed by atoms with Crippen molar-refractivity contribution in [2.45, 2.75) is 38.9 Å². The largest absolute Gasteiger partial charge is 0.383 e. The molecule has 0 saturated carbocycles. The van der Waals surface area contributed by atoms with E-state index in [0.717, 1.165) is 5.56 Å². The van der Waals surface area contributed by atoms with Crippen LogP contribution in [0, 0.1) is 5.92 Å². The first kappa shape index (κ1) is 20.0. The molecule has 3 amide bonds. The monoisotopic (exact) mass is 393 g/mol. The number of amides is 3. The molecule has 2 atom stereocenters. The molecule has 7 heteroatoms. The molecule has 0 aliphatic carbocycles. The van der Waals surface area contributed by atoms with Crippen molar-refractivity contribution in [2.24, 2.45) is 5.92 Å². The van der Waals surface area contributed by atoms with E-state index in [4.69, 9.17) is 16.3 Å². The summed E-state index contributed by atoms with van der Waals surface area (Å²) in [5.74, 6) is 0.374. The van der Waals surface area contributed by atoms with Crippen molar-refractivity contribution in [1.82, 2.24) is 14.7 Å². The van der Waals surface area contributed by atoms with Crippen molar-refractivity contribution in [3.05, 3.63) is 34.9 Å². The zero-order valence-corrected chi connectivity index (χ0v) is 17.0. The highest BCUT2D eigenvalue weighted by molar-refractivity contribution is 6.30. The van der Waals surface area contributed by atoms with E-state index < -0.39 is 0 Å². The fourth-order valence-electron chi connectivity index (χ4n) is 3.95. The van der Waals surface area contributed by atoms with Gasteiger partial charge in [0.15, 0.2) is 0 Å². The SMILES string of the molecule is COCCN1C[C@H]2CN(Cc3ccc(Cl)cc3)C(=O)N2[C@@H](CC(C)C)C1=O. The van der Waals surface area contributed by atoms with Crippen LogP contribution >= 0.6 is 11.6 Å². The average molecular weight is 394 g/mol. The Labute approximate surface area is 166 Å². The Bertz CT molecular complexity index is 680. The number of rotatable bonds is 7. The molecule has 2 aliphatic rings. The maximum atomic E-state index is 13.1. The van der Waals surface area contributed by atoms with Crippen molar-refractivity contribution in [2.75, 3.05) is 33.4 Å². The van der Waals surface area contributed by atoms with E-state index in [0.29, 0.717) is 50.1 Å². The molecule has 2 heterocycles. The molecule has 3 rings (SSSR count). The number of ether oxygens (including phenoxy) is 1. The molecule has 2 saturated heterocycles. The van der Waals surface area contributed by atoms with Crippen molar-refractivity contribution in [3.63, 3.8) is 0 Å². The summed E-state index contributed by atoms with van der Waals surface area (Å²) in [5.41, 5.74) is 1.04. The van der Waals surface area contributed by atoms with Gasteiger partial charge in [0, 0.05) is 38.3 Å². The number of hydrogen-bond donors (Lipinski definition) is 0. The molecule has 0 bridgehead atoms. The first-order chi connectivity index (χ1) is 12.9. The molecule has 148 valence electrons. The van der Waals surface area contributed by atoms with Crippen LogP contribution in [0.1, 0.15) is 25.8 Å². The van der Waals surface area contributed by atoms with Gasteiger partial charge in [-0.15, -0.1) is 0 Å². The van der Waals surface area contributed by atoms with Gasteiger partial charge in [-0.1, -0.05) is 37.6 Å². The third-order valence-corrected chi connectivity index (χ3v) is 5.48. The molecule has 0 unspecified atom stereocenters. The summed E-state index contributed by atoms with van der Waals surface area (Å²) in [5, 5.41) is 0.681. The van der Waals surface area contributed by atoms with E-state index in [1.165, 1.54) is 0 Å². The number of piperazine rings is 1. The number of urea groups is 1. The molecule has 0 radical (unpaired) electrons. The van der Waals surface area contributed by atoms with Crippen LogP contribution in [-0.4, -0.2) is 72.1 Å². The maximum Gasteiger partial charge on any atom is 0.321 e. The van der Waals surface area contributed by atoms with Crippen LogP contribution in [0.4, 0.5) is 4.79 Å². The Balaban J connectivity index is 1.78. The van der Waals surface area contributed by atoms with Crippen LogP contribution in [0.5, 0.6) is 0 Å². The van der Waals surface area contributed by atoms with Crippen LogP contribution in [0.3, 0.4) is 0 Å². The van der Waals surface area contributed by atoms with Crippen LogP contribution in [-0.2, 0) is 16.1 Å². The number of benzene rings is 1. The van der Waals surface area contributed by atoms with Gasteiger partial charge in [-0.25, -0.2) is 4.79 Å². The Morgan fingerprint density at radius 1 is 1.15 bits per heavy atom. The van der Waals surface area contributed by atoms with Crippen LogP contribution < -0.4 is 0 Å². The Morgan fingerprint density at radius 2 is 1.81 bits per heavy atom. The predicted octanol–water partition coefficient (Wildman–Crippen LogP) is 2.85. The quantitative estimate of drug-likeness (QED) is 0.715. The third-order valence-electron chi connectivity index (χ3n) is 5.23. The Morgan fingerprint density at radius 3 is 2.44 bits per heavy atom. The van der Waals surface area contributed by atoms with Crippen LogP contribution in [0.15, 0.2) is 24.3 Å². The van der Waals surface area contributed by atoms with E-state index in [2.05, 4.69) is 13.8 Å². The second kappa shape index (κ2) is 8.48. The molecule has 0 aromatic heterocycles. The van der Waals surface area contributed by atoms with Gasteiger partial charge in [0.25, 0.3) is 0 Å². The highest BCUT2D eigenvalue weighted by atomic mass is 35.5. The van der Waals surface area contributed by atoms with Gasteiger partial charge >= 0.3 is 6.03 Å². The number of nitrogens with zero attached hydrogens (tertiary/aromatic N) is 3. The molecular weight excluding hydrogens is 366 g/mol. The normalized spacial score (nSPS) is 22.8. The van der Waals surface area contributed by atoms with E-state index in [1.54, 1.807) is 7.11 Å². The van der Waals surface area contributed by atoms with Gasteiger partial charge < -0.3 is 19.4 Å². The molecule has 2 aliphatic heterocycles. The van der Waals surface area contributed by atoms with Gasteiger partial charge in [-0.05, 0) is 30.0 Å². The fraction of sp³-hybridized carbons (Fsp3) is 0.600. The molecule has 0 spiro atoms. The maximum absolute atomic E-state index is 13.1. The summed E-state index contributed by atoms with van der Waals surface area (Å²) in [6.45, 7) is 6.98. The average Bonchev–Trinajstić information content (AvgIpc) is 2.93. The molecule has 27 heavy (non-hydrogen) atoms. The lowest BCUT2D eigenvalue weighted by Gasteiger charge is -2.42. The number of methoxy groups -OCH3 is 1. The number of fused-ring (bicyclic) bond motifs is 1. The highest BCUT2D eigenvalue weighted by Gasteiger charge is 2.49. The molecular formula is C20H28ClN3O3. The zero-order valence-electron chi connectivity index (χ0n) is 16.2. The predicted molar refractivity (Wildman–Crippen MR) is 105 cm³/mol. The number of carbonyl (C=O) groups excluding carboxylic acids is 2. The van der Waals surface area contributed by atoms with E-state index in [9.17, 15) is 9.59 Å². The summed E-state index contributed by atoms with van der Waals surface area (Å²) in [4.78, 5) is 31.6. The fourth-order valence-corrected chi connectivity index (χ4v) is 4.08.